The fourth-order valence-electron chi connectivity index (χ4n) is 8.84. The number of hydrogen-bond acceptors (Lipinski definition) is 3. The third-order valence-corrected chi connectivity index (χ3v) is 11.6. The summed E-state index contributed by atoms with van der Waals surface area (Å²) in [6.07, 6.45) is 9.18. The van der Waals surface area contributed by atoms with Gasteiger partial charge < -0.3 is 0 Å². The number of aromatic nitrogens is 3. The van der Waals surface area contributed by atoms with Gasteiger partial charge >= 0.3 is 0 Å². The molecule has 2 atom stereocenters. The second-order valence-electron chi connectivity index (χ2n) is 15.3. The average molecular weight is 706 g/mol. The van der Waals surface area contributed by atoms with E-state index in [0.29, 0.717) is 29.3 Å². The first-order valence-electron chi connectivity index (χ1n) is 19.1. The number of benzene rings is 7. The highest BCUT2D eigenvalue weighted by molar-refractivity contribution is 5.97. The van der Waals surface area contributed by atoms with E-state index in [2.05, 4.69) is 190 Å². The zero-order valence-electron chi connectivity index (χ0n) is 30.9. The van der Waals surface area contributed by atoms with Gasteiger partial charge in [-0.25, -0.2) is 15.0 Å². The second kappa shape index (κ2) is 13.3. The largest absolute Gasteiger partial charge is 0.208 e. The first-order chi connectivity index (χ1) is 27.0. The van der Waals surface area contributed by atoms with Crippen LogP contribution in [0.4, 0.5) is 0 Å². The monoisotopic (exact) mass is 705 g/mol. The normalized spacial score (nSPS) is 16.5. The molecule has 55 heavy (non-hydrogen) atoms. The number of hydrogen-bond donors (Lipinski definition) is 0. The Labute approximate surface area is 322 Å². The molecular weight excluding hydrogens is 667 g/mol. The summed E-state index contributed by atoms with van der Waals surface area (Å²) in [5, 5.41) is 2.34. The van der Waals surface area contributed by atoms with Crippen LogP contribution in [0.25, 0.3) is 78.3 Å². The topological polar surface area (TPSA) is 38.7 Å². The van der Waals surface area contributed by atoms with Gasteiger partial charge in [0.1, 0.15) is 0 Å². The smallest absolute Gasteiger partial charge is 0.164 e. The molecule has 0 radical (unpaired) electrons. The van der Waals surface area contributed by atoms with Crippen LogP contribution in [0.5, 0.6) is 0 Å². The van der Waals surface area contributed by atoms with Crippen molar-refractivity contribution in [3.63, 3.8) is 0 Å². The van der Waals surface area contributed by atoms with Crippen LogP contribution in [-0.2, 0) is 5.41 Å². The van der Waals surface area contributed by atoms with Crippen LogP contribution in [0, 0.1) is 5.92 Å². The molecule has 3 heteroatoms. The van der Waals surface area contributed by atoms with E-state index in [0.717, 1.165) is 38.8 Å². The van der Waals surface area contributed by atoms with Crippen LogP contribution in [0.2, 0.25) is 0 Å². The molecule has 7 aromatic carbocycles. The number of nitrogens with zero attached hydrogens (tertiary/aromatic N) is 3. The van der Waals surface area contributed by atoms with E-state index in [1.807, 2.05) is 12.1 Å². The highest BCUT2D eigenvalue weighted by Gasteiger charge is 2.46. The lowest BCUT2D eigenvalue weighted by molar-refractivity contribution is 0.395. The van der Waals surface area contributed by atoms with Crippen molar-refractivity contribution >= 4 is 10.8 Å². The SMILES string of the molecule is CC1(C)c2c(-c3cc4ccccc4cc3-c3nc(-c4ccc(-c5ccccc5)cc4)nc(-c4ccc(-c5ccccc5)cc4)n3)cccc2C2C=CC=CC21. The molecule has 3 nitrogen and oxygen atoms in total. The van der Waals surface area contributed by atoms with E-state index in [-0.39, 0.29) is 5.41 Å². The molecule has 0 saturated heterocycles. The quantitative estimate of drug-likeness (QED) is 0.173. The van der Waals surface area contributed by atoms with Gasteiger partial charge in [0.15, 0.2) is 17.5 Å². The lowest BCUT2D eigenvalue weighted by Gasteiger charge is -2.30. The van der Waals surface area contributed by atoms with Crippen LogP contribution in [0.15, 0.2) is 188 Å². The van der Waals surface area contributed by atoms with Crippen molar-refractivity contribution in [3.05, 3.63) is 199 Å². The summed E-state index contributed by atoms with van der Waals surface area (Å²) in [5.74, 6) is 2.69. The number of rotatable bonds is 6. The summed E-state index contributed by atoms with van der Waals surface area (Å²) in [5.41, 5.74) is 12.6. The lowest BCUT2D eigenvalue weighted by Crippen LogP contribution is -2.25. The first-order valence-corrected chi connectivity index (χ1v) is 19.1. The molecule has 2 aliphatic carbocycles. The zero-order chi connectivity index (χ0) is 36.9. The molecule has 1 heterocycles. The minimum Gasteiger partial charge on any atom is -0.208 e. The standard InChI is InChI=1S/C52H39N3/c1-52(2)47-23-12-11-20-42(47)43-21-13-22-44(48(43)52)45-32-40-18-9-10-19-41(40)33-46(45)51-54-49(38-28-24-36(25-29-38)34-14-5-3-6-15-34)53-50(55-51)39-30-26-37(27-31-39)35-16-7-4-8-17-35/h3-33,42,47H,1-2H3. The molecule has 2 unspecified atom stereocenters. The van der Waals surface area contributed by atoms with Crippen LogP contribution in [-0.4, -0.2) is 15.0 Å². The molecule has 0 amide bonds. The molecule has 10 rings (SSSR count). The van der Waals surface area contributed by atoms with Gasteiger partial charge in [-0.15, -0.1) is 0 Å². The van der Waals surface area contributed by atoms with Gasteiger partial charge in [-0.05, 0) is 78.7 Å². The minimum atomic E-state index is -0.0722. The van der Waals surface area contributed by atoms with E-state index in [9.17, 15) is 0 Å². The minimum absolute atomic E-state index is 0.0722. The molecule has 2 aliphatic rings. The molecule has 0 N–H and O–H groups in total. The number of allylic oxidation sites excluding steroid dienone is 4. The van der Waals surface area contributed by atoms with Gasteiger partial charge in [-0.1, -0.05) is 190 Å². The Kier molecular flexibility index (Phi) is 7.96. The van der Waals surface area contributed by atoms with E-state index < -0.39 is 0 Å². The van der Waals surface area contributed by atoms with Gasteiger partial charge in [0.25, 0.3) is 0 Å². The van der Waals surface area contributed by atoms with Crippen LogP contribution < -0.4 is 0 Å². The Morgan fingerprint density at radius 3 is 1.45 bits per heavy atom. The summed E-state index contributed by atoms with van der Waals surface area (Å²) < 4.78 is 0. The first kappa shape index (κ1) is 32.9. The average Bonchev–Trinajstić information content (AvgIpc) is 3.50. The second-order valence-corrected chi connectivity index (χ2v) is 15.3. The maximum Gasteiger partial charge on any atom is 0.164 e. The van der Waals surface area contributed by atoms with Crippen LogP contribution >= 0.6 is 0 Å². The maximum absolute atomic E-state index is 5.32. The Morgan fingerprint density at radius 1 is 0.400 bits per heavy atom. The molecule has 0 spiro atoms. The highest BCUT2D eigenvalue weighted by atomic mass is 15.0. The predicted molar refractivity (Wildman–Crippen MR) is 227 cm³/mol. The Balaban J connectivity index is 1.18. The fraction of sp³-hybridized carbons (Fsp3) is 0.0962. The van der Waals surface area contributed by atoms with E-state index in [1.54, 1.807) is 0 Å². The van der Waals surface area contributed by atoms with E-state index >= 15 is 0 Å². The molecule has 0 aliphatic heterocycles. The van der Waals surface area contributed by atoms with Crippen molar-refractivity contribution in [2.75, 3.05) is 0 Å². The molecule has 8 aromatic rings. The van der Waals surface area contributed by atoms with E-state index in [1.165, 1.54) is 33.2 Å². The summed E-state index contributed by atoms with van der Waals surface area (Å²) in [7, 11) is 0. The Morgan fingerprint density at radius 2 is 0.873 bits per heavy atom. The van der Waals surface area contributed by atoms with Crippen molar-refractivity contribution in [1.29, 1.82) is 0 Å². The Bertz CT molecular complexity index is 2660. The lowest BCUT2D eigenvalue weighted by atomic mass is 9.73. The van der Waals surface area contributed by atoms with Gasteiger partial charge in [-0.2, -0.15) is 0 Å². The van der Waals surface area contributed by atoms with Crippen molar-refractivity contribution in [3.8, 4) is 67.5 Å². The number of fused-ring (bicyclic) bond motifs is 4. The van der Waals surface area contributed by atoms with Gasteiger partial charge in [-0.3, -0.25) is 0 Å². The third-order valence-electron chi connectivity index (χ3n) is 11.6. The molecule has 0 fully saturated rings. The summed E-state index contributed by atoms with van der Waals surface area (Å²) in [6, 6.07) is 58.1. The molecule has 262 valence electrons. The van der Waals surface area contributed by atoms with Crippen molar-refractivity contribution in [2.24, 2.45) is 5.92 Å². The fourth-order valence-corrected chi connectivity index (χ4v) is 8.84. The molecule has 0 saturated carbocycles. The maximum atomic E-state index is 5.32. The zero-order valence-corrected chi connectivity index (χ0v) is 30.9. The van der Waals surface area contributed by atoms with Crippen molar-refractivity contribution < 1.29 is 0 Å². The van der Waals surface area contributed by atoms with Gasteiger partial charge in [0.2, 0.25) is 0 Å². The van der Waals surface area contributed by atoms with Gasteiger partial charge in [0, 0.05) is 22.6 Å². The summed E-state index contributed by atoms with van der Waals surface area (Å²) in [6.45, 7) is 4.81. The van der Waals surface area contributed by atoms with Gasteiger partial charge in [0.05, 0.1) is 0 Å². The van der Waals surface area contributed by atoms with Crippen LogP contribution in [0.3, 0.4) is 0 Å². The third kappa shape index (κ3) is 5.80. The van der Waals surface area contributed by atoms with E-state index in [4.69, 9.17) is 15.0 Å². The van der Waals surface area contributed by atoms with Crippen LogP contribution in [0.1, 0.15) is 30.9 Å². The van der Waals surface area contributed by atoms with Crippen molar-refractivity contribution in [1.82, 2.24) is 15.0 Å². The van der Waals surface area contributed by atoms with Crippen molar-refractivity contribution in [2.45, 2.75) is 25.2 Å². The predicted octanol–water partition coefficient (Wildman–Crippen LogP) is 13.1. The highest BCUT2D eigenvalue weighted by Crippen LogP contribution is 2.56. The molecular formula is C52H39N3. The molecule has 1 aromatic heterocycles. The molecule has 0 bridgehead atoms. The summed E-state index contributed by atoms with van der Waals surface area (Å²) in [4.78, 5) is 15.8. The summed E-state index contributed by atoms with van der Waals surface area (Å²) >= 11 is 0. The Hall–Kier alpha value is -6.71.